The molecule has 1 aromatic rings. The molecule has 0 radical (unpaired) electrons. The van der Waals surface area contributed by atoms with Crippen LogP contribution >= 0.6 is 31.9 Å². The predicted molar refractivity (Wildman–Crippen MR) is 53.0 cm³/mol. The molecule has 62 valence electrons. The maximum atomic E-state index is 8.27. The van der Waals surface area contributed by atoms with Gasteiger partial charge in [-0.15, -0.1) is 0 Å². The molecule has 0 aromatic heterocycles. The third-order valence-electron chi connectivity index (χ3n) is 1.19. The first-order chi connectivity index (χ1) is 5.74. The van der Waals surface area contributed by atoms with Crippen molar-refractivity contribution in [2.24, 2.45) is 0 Å². The Kier molecular flexibility index (Phi) is 3.57. The summed E-state index contributed by atoms with van der Waals surface area (Å²) in [6.07, 6.45) is 0. The van der Waals surface area contributed by atoms with Crippen molar-refractivity contribution in [3.63, 3.8) is 0 Å². The van der Waals surface area contributed by atoms with Crippen LogP contribution in [0.5, 0.6) is 5.75 Å². The van der Waals surface area contributed by atoms with Gasteiger partial charge in [0.15, 0.2) is 6.61 Å². The Balaban J connectivity index is 2.81. The van der Waals surface area contributed by atoms with Crippen molar-refractivity contribution in [1.29, 1.82) is 5.26 Å². The van der Waals surface area contributed by atoms with Crippen LogP contribution in [0, 0.1) is 11.3 Å². The molecular weight excluding hydrogens is 286 g/mol. The maximum absolute atomic E-state index is 8.27. The second-order valence-corrected chi connectivity index (χ2v) is 3.79. The van der Waals surface area contributed by atoms with Crippen LogP contribution in [-0.4, -0.2) is 6.61 Å². The normalized spacial score (nSPS) is 9.08. The van der Waals surface area contributed by atoms with Crippen molar-refractivity contribution in [2.75, 3.05) is 6.61 Å². The lowest BCUT2D eigenvalue weighted by Crippen LogP contribution is -1.93. The minimum absolute atomic E-state index is 0.0697. The summed E-state index contributed by atoms with van der Waals surface area (Å²) >= 11 is 6.63. The number of nitrogens with zero attached hydrogens (tertiary/aromatic N) is 1. The largest absolute Gasteiger partial charge is 0.478 e. The molecule has 0 unspecified atom stereocenters. The first-order valence-corrected chi connectivity index (χ1v) is 4.77. The lowest BCUT2D eigenvalue weighted by Gasteiger charge is -2.03. The zero-order chi connectivity index (χ0) is 8.97. The van der Waals surface area contributed by atoms with Crippen molar-refractivity contribution < 1.29 is 4.74 Å². The van der Waals surface area contributed by atoms with E-state index in [1.54, 1.807) is 6.07 Å². The molecule has 0 N–H and O–H groups in total. The summed E-state index contributed by atoms with van der Waals surface area (Å²) in [6.45, 7) is 0.0697. The van der Waals surface area contributed by atoms with Crippen LogP contribution in [0.25, 0.3) is 0 Å². The molecule has 4 heteroatoms. The van der Waals surface area contributed by atoms with Gasteiger partial charge in [0.2, 0.25) is 0 Å². The molecule has 0 fully saturated rings. The van der Waals surface area contributed by atoms with E-state index in [-0.39, 0.29) is 6.61 Å². The van der Waals surface area contributed by atoms with Gasteiger partial charge in [-0.1, -0.05) is 15.9 Å². The summed E-state index contributed by atoms with van der Waals surface area (Å²) < 4.78 is 6.92. The summed E-state index contributed by atoms with van der Waals surface area (Å²) in [5, 5.41) is 8.27. The third-order valence-corrected chi connectivity index (χ3v) is 2.30. The van der Waals surface area contributed by atoms with Gasteiger partial charge in [-0.3, -0.25) is 0 Å². The van der Waals surface area contributed by atoms with Crippen LogP contribution < -0.4 is 4.74 Å². The van der Waals surface area contributed by atoms with Crippen LogP contribution in [0.15, 0.2) is 27.1 Å². The average Bonchev–Trinajstić information content (AvgIpc) is 2.03. The Labute approximate surface area is 87.4 Å². The minimum atomic E-state index is 0.0697. The molecule has 0 heterocycles. The van der Waals surface area contributed by atoms with Crippen LogP contribution in [0.3, 0.4) is 0 Å². The molecule has 0 spiro atoms. The third kappa shape index (κ3) is 2.50. The number of benzene rings is 1. The van der Waals surface area contributed by atoms with E-state index in [2.05, 4.69) is 31.9 Å². The zero-order valence-corrected chi connectivity index (χ0v) is 9.22. The lowest BCUT2D eigenvalue weighted by molar-refractivity contribution is 0.366. The quantitative estimate of drug-likeness (QED) is 0.838. The average molecular weight is 291 g/mol. The van der Waals surface area contributed by atoms with Crippen molar-refractivity contribution in [3.8, 4) is 11.8 Å². The smallest absolute Gasteiger partial charge is 0.174 e. The Bertz CT molecular complexity index is 319. The fraction of sp³-hybridized carbons (Fsp3) is 0.125. The van der Waals surface area contributed by atoms with E-state index < -0.39 is 0 Å². The highest BCUT2D eigenvalue weighted by atomic mass is 79.9. The number of ether oxygens (including phenoxy) is 1. The van der Waals surface area contributed by atoms with Gasteiger partial charge >= 0.3 is 0 Å². The molecule has 0 aliphatic rings. The lowest BCUT2D eigenvalue weighted by atomic mass is 10.3. The predicted octanol–water partition coefficient (Wildman–Crippen LogP) is 3.11. The van der Waals surface area contributed by atoms with Crippen molar-refractivity contribution in [1.82, 2.24) is 0 Å². The number of hydrogen-bond acceptors (Lipinski definition) is 2. The molecule has 0 atom stereocenters. The van der Waals surface area contributed by atoms with Crippen molar-refractivity contribution in [3.05, 3.63) is 27.1 Å². The molecular formula is C8H5Br2NO. The van der Waals surface area contributed by atoms with E-state index >= 15 is 0 Å². The van der Waals surface area contributed by atoms with E-state index in [1.807, 2.05) is 18.2 Å². The van der Waals surface area contributed by atoms with Crippen LogP contribution in [-0.2, 0) is 0 Å². The summed E-state index contributed by atoms with van der Waals surface area (Å²) in [4.78, 5) is 0. The highest BCUT2D eigenvalue weighted by molar-refractivity contribution is 9.11. The molecule has 0 aliphatic carbocycles. The van der Waals surface area contributed by atoms with Gasteiger partial charge in [0, 0.05) is 4.47 Å². The van der Waals surface area contributed by atoms with Gasteiger partial charge in [-0.2, -0.15) is 5.26 Å². The maximum Gasteiger partial charge on any atom is 0.174 e. The van der Waals surface area contributed by atoms with Gasteiger partial charge in [-0.25, -0.2) is 0 Å². The summed E-state index contributed by atoms with van der Waals surface area (Å²) in [6, 6.07) is 7.43. The van der Waals surface area contributed by atoms with E-state index in [0.29, 0.717) is 5.75 Å². The molecule has 0 aliphatic heterocycles. The Hall–Kier alpha value is -0.530. The first-order valence-electron chi connectivity index (χ1n) is 3.19. The van der Waals surface area contributed by atoms with Crippen LogP contribution in [0.2, 0.25) is 0 Å². The zero-order valence-electron chi connectivity index (χ0n) is 6.05. The van der Waals surface area contributed by atoms with E-state index in [0.717, 1.165) is 8.95 Å². The standard InChI is InChI=1S/C8H5Br2NO/c9-6-1-2-8(7(10)5-6)12-4-3-11/h1-2,5H,4H2. The second-order valence-electron chi connectivity index (χ2n) is 2.02. The van der Waals surface area contributed by atoms with Gasteiger partial charge < -0.3 is 4.74 Å². The topological polar surface area (TPSA) is 33.0 Å². The van der Waals surface area contributed by atoms with Gasteiger partial charge in [0.1, 0.15) is 11.8 Å². The summed E-state index contributed by atoms with van der Waals surface area (Å²) in [5.74, 6) is 0.680. The van der Waals surface area contributed by atoms with E-state index in [4.69, 9.17) is 10.00 Å². The molecule has 1 rings (SSSR count). The van der Waals surface area contributed by atoms with Crippen LogP contribution in [0.1, 0.15) is 0 Å². The number of nitriles is 1. The first kappa shape index (κ1) is 9.56. The van der Waals surface area contributed by atoms with Gasteiger partial charge in [0.05, 0.1) is 4.47 Å². The molecule has 1 aromatic carbocycles. The highest BCUT2D eigenvalue weighted by Gasteiger charge is 1.99. The summed E-state index contributed by atoms with van der Waals surface area (Å²) in [7, 11) is 0. The minimum Gasteiger partial charge on any atom is -0.478 e. The molecule has 0 bridgehead atoms. The van der Waals surface area contributed by atoms with Crippen molar-refractivity contribution >= 4 is 31.9 Å². The highest BCUT2D eigenvalue weighted by Crippen LogP contribution is 2.27. The van der Waals surface area contributed by atoms with Crippen molar-refractivity contribution in [2.45, 2.75) is 0 Å². The Morgan fingerprint density at radius 2 is 2.17 bits per heavy atom. The second kappa shape index (κ2) is 4.48. The monoisotopic (exact) mass is 289 g/mol. The van der Waals surface area contributed by atoms with E-state index in [9.17, 15) is 0 Å². The van der Waals surface area contributed by atoms with E-state index in [1.165, 1.54) is 0 Å². The molecule has 12 heavy (non-hydrogen) atoms. The molecule has 2 nitrogen and oxygen atoms in total. The van der Waals surface area contributed by atoms with Gasteiger partial charge in [-0.05, 0) is 34.1 Å². The number of rotatable bonds is 2. The Morgan fingerprint density at radius 3 is 2.75 bits per heavy atom. The fourth-order valence-corrected chi connectivity index (χ4v) is 1.86. The molecule has 0 saturated carbocycles. The van der Waals surface area contributed by atoms with Crippen LogP contribution in [0.4, 0.5) is 0 Å². The number of halogens is 2. The molecule has 0 amide bonds. The SMILES string of the molecule is N#CCOc1ccc(Br)cc1Br. The molecule has 0 saturated heterocycles. The number of hydrogen-bond donors (Lipinski definition) is 0. The summed E-state index contributed by atoms with van der Waals surface area (Å²) in [5.41, 5.74) is 0. The Morgan fingerprint density at radius 1 is 1.42 bits per heavy atom. The van der Waals surface area contributed by atoms with Gasteiger partial charge in [0.25, 0.3) is 0 Å². The fourth-order valence-electron chi connectivity index (χ4n) is 0.702.